The van der Waals surface area contributed by atoms with Gasteiger partial charge in [-0.25, -0.2) is 0 Å². The summed E-state index contributed by atoms with van der Waals surface area (Å²) < 4.78 is 0. The van der Waals surface area contributed by atoms with E-state index >= 15 is 0 Å². The molecule has 0 aliphatic carbocycles. The Morgan fingerprint density at radius 1 is 1.10 bits per heavy atom. The number of halogens is 1. The highest BCUT2D eigenvalue weighted by molar-refractivity contribution is 6.32. The van der Waals surface area contributed by atoms with E-state index in [-0.39, 0.29) is 0 Å². The van der Waals surface area contributed by atoms with Gasteiger partial charge in [0.25, 0.3) is 0 Å². The van der Waals surface area contributed by atoms with Crippen LogP contribution in [-0.2, 0) is 6.54 Å². The smallest absolute Gasteiger partial charge is 0.0901 e. The number of aromatic nitrogens is 3. The number of benzene rings is 1. The lowest BCUT2D eigenvalue weighted by Crippen LogP contribution is -2.02. The maximum absolute atomic E-state index is 6.29. The molecule has 0 saturated carbocycles. The molecule has 0 atom stereocenters. The molecule has 1 aromatic carbocycles. The number of nitrogens with zero attached hydrogens (tertiary/aromatic N) is 3. The first-order valence-corrected chi connectivity index (χ1v) is 6.65. The Balaban J connectivity index is 1.87. The molecule has 2 aromatic heterocycles. The van der Waals surface area contributed by atoms with Gasteiger partial charge in [-0.05, 0) is 36.2 Å². The quantitative estimate of drug-likeness (QED) is 0.798. The average molecular weight is 285 g/mol. The summed E-state index contributed by atoms with van der Waals surface area (Å²) in [4.78, 5) is 12.6. The number of nitrogens with one attached hydrogen (secondary N) is 1. The zero-order valence-electron chi connectivity index (χ0n) is 11.0. The number of aryl methyl sites for hydroxylation is 1. The van der Waals surface area contributed by atoms with E-state index in [9.17, 15) is 0 Å². The van der Waals surface area contributed by atoms with Crippen molar-refractivity contribution < 1.29 is 0 Å². The van der Waals surface area contributed by atoms with E-state index < -0.39 is 0 Å². The molecule has 0 spiro atoms. The molecule has 0 aliphatic heterocycles. The highest BCUT2D eigenvalue weighted by atomic mass is 35.5. The number of hydrogen-bond donors (Lipinski definition) is 1. The van der Waals surface area contributed by atoms with Crippen molar-refractivity contribution in [3.8, 4) is 0 Å². The minimum atomic E-state index is 0.623. The maximum Gasteiger partial charge on any atom is 0.0901 e. The summed E-state index contributed by atoms with van der Waals surface area (Å²) in [6, 6.07) is 5.77. The number of pyridine rings is 1. The largest absolute Gasteiger partial charge is 0.379 e. The van der Waals surface area contributed by atoms with Crippen molar-refractivity contribution in [2.24, 2.45) is 0 Å². The SMILES string of the molecule is Cc1ccncc1NCc1cc2nccnc2cc1Cl. The predicted octanol–water partition coefficient (Wildman–Crippen LogP) is 3.60. The zero-order chi connectivity index (χ0) is 13.9. The first kappa shape index (κ1) is 12.8. The zero-order valence-corrected chi connectivity index (χ0v) is 11.7. The molecule has 4 nitrogen and oxygen atoms in total. The van der Waals surface area contributed by atoms with Gasteiger partial charge in [0.15, 0.2) is 0 Å². The summed E-state index contributed by atoms with van der Waals surface area (Å²) in [6.45, 7) is 2.66. The third-order valence-corrected chi connectivity index (χ3v) is 3.50. The van der Waals surface area contributed by atoms with Crippen molar-refractivity contribution >= 4 is 28.3 Å². The van der Waals surface area contributed by atoms with Crippen LogP contribution in [0.3, 0.4) is 0 Å². The molecule has 2 heterocycles. The lowest BCUT2D eigenvalue weighted by molar-refractivity contribution is 1.12. The Morgan fingerprint density at radius 3 is 2.60 bits per heavy atom. The van der Waals surface area contributed by atoms with E-state index in [0.29, 0.717) is 11.6 Å². The van der Waals surface area contributed by atoms with Gasteiger partial charge in [-0.1, -0.05) is 11.6 Å². The molecule has 0 fully saturated rings. The van der Waals surface area contributed by atoms with Crippen LogP contribution in [-0.4, -0.2) is 15.0 Å². The number of fused-ring (bicyclic) bond motifs is 1. The summed E-state index contributed by atoms with van der Waals surface area (Å²) in [5.41, 5.74) is 4.79. The average Bonchev–Trinajstić information content (AvgIpc) is 2.46. The van der Waals surface area contributed by atoms with Gasteiger partial charge in [-0.2, -0.15) is 0 Å². The molecular weight excluding hydrogens is 272 g/mol. The number of rotatable bonds is 3. The van der Waals surface area contributed by atoms with Crippen molar-refractivity contribution in [1.29, 1.82) is 0 Å². The van der Waals surface area contributed by atoms with Crippen LogP contribution >= 0.6 is 11.6 Å². The molecule has 3 aromatic rings. The van der Waals surface area contributed by atoms with Crippen molar-refractivity contribution in [2.75, 3.05) is 5.32 Å². The van der Waals surface area contributed by atoms with E-state index in [4.69, 9.17) is 11.6 Å². The molecule has 3 rings (SSSR count). The topological polar surface area (TPSA) is 50.7 Å². The van der Waals surface area contributed by atoms with Crippen LogP contribution in [0.5, 0.6) is 0 Å². The first-order valence-electron chi connectivity index (χ1n) is 6.27. The van der Waals surface area contributed by atoms with Crippen molar-refractivity contribution in [3.05, 3.63) is 59.1 Å². The fraction of sp³-hybridized carbons (Fsp3) is 0.133. The second-order valence-electron chi connectivity index (χ2n) is 4.53. The van der Waals surface area contributed by atoms with E-state index in [2.05, 4.69) is 20.3 Å². The lowest BCUT2D eigenvalue weighted by Gasteiger charge is -2.10. The molecule has 5 heteroatoms. The predicted molar refractivity (Wildman–Crippen MR) is 80.8 cm³/mol. The minimum absolute atomic E-state index is 0.623. The van der Waals surface area contributed by atoms with Crippen LogP contribution in [0.25, 0.3) is 11.0 Å². The van der Waals surface area contributed by atoms with E-state index in [1.165, 1.54) is 0 Å². The molecule has 100 valence electrons. The summed E-state index contributed by atoms with van der Waals surface area (Å²) in [5, 5.41) is 4.03. The van der Waals surface area contributed by atoms with Crippen LogP contribution in [0.2, 0.25) is 5.02 Å². The molecule has 0 bridgehead atoms. The number of hydrogen-bond acceptors (Lipinski definition) is 4. The number of anilines is 1. The normalized spacial score (nSPS) is 10.7. The maximum atomic E-state index is 6.29. The van der Waals surface area contributed by atoms with E-state index in [1.54, 1.807) is 18.6 Å². The standard InChI is InChI=1S/C15H13ClN4/c1-10-2-3-17-9-15(10)20-8-11-6-13-14(7-12(11)16)19-5-4-18-13/h2-7,9,20H,8H2,1H3. The summed E-state index contributed by atoms with van der Waals surface area (Å²) in [5.74, 6) is 0. The molecule has 0 unspecified atom stereocenters. The molecule has 0 aliphatic rings. The van der Waals surface area contributed by atoms with Crippen molar-refractivity contribution in [1.82, 2.24) is 15.0 Å². The molecule has 20 heavy (non-hydrogen) atoms. The Hall–Kier alpha value is -2.20. The van der Waals surface area contributed by atoms with Crippen molar-refractivity contribution in [3.63, 3.8) is 0 Å². The second-order valence-corrected chi connectivity index (χ2v) is 4.94. The van der Waals surface area contributed by atoms with Crippen LogP contribution < -0.4 is 5.32 Å². The van der Waals surface area contributed by atoms with Gasteiger partial charge in [0.2, 0.25) is 0 Å². The van der Waals surface area contributed by atoms with Gasteiger partial charge in [0.05, 0.1) is 22.9 Å². The summed E-state index contributed by atoms with van der Waals surface area (Å²) in [7, 11) is 0. The lowest BCUT2D eigenvalue weighted by atomic mass is 10.1. The first-order chi connectivity index (χ1) is 9.74. The van der Waals surface area contributed by atoms with Gasteiger partial charge in [-0.15, -0.1) is 0 Å². The third kappa shape index (κ3) is 2.56. The highest BCUT2D eigenvalue weighted by Crippen LogP contribution is 2.23. The molecule has 1 N–H and O–H groups in total. The van der Waals surface area contributed by atoms with Gasteiger partial charge in [-0.3, -0.25) is 15.0 Å². The fourth-order valence-electron chi connectivity index (χ4n) is 2.00. The molecule has 0 amide bonds. The highest BCUT2D eigenvalue weighted by Gasteiger charge is 2.05. The molecular formula is C15H13ClN4. The Labute approximate surface area is 121 Å². The Morgan fingerprint density at radius 2 is 1.85 bits per heavy atom. The minimum Gasteiger partial charge on any atom is -0.379 e. The summed E-state index contributed by atoms with van der Waals surface area (Å²) >= 11 is 6.29. The fourth-order valence-corrected chi connectivity index (χ4v) is 2.23. The van der Waals surface area contributed by atoms with Gasteiger partial charge < -0.3 is 5.32 Å². The third-order valence-electron chi connectivity index (χ3n) is 3.15. The van der Waals surface area contributed by atoms with E-state index in [0.717, 1.165) is 27.8 Å². The van der Waals surface area contributed by atoms with E-state index in [1.807, 2.05) is 31.3 Å². The second kappa shape index (κ2) is 5.43. The van der Waals surface area contributed by atoms with Crippen LogP contribution in [0, 0.1) is 6.92 Å². The van der Waals surface area contributed by atoms with Gasteiger partial charge in [0.1, 0.15) is 0 Å². The van der Waals surface area contributed by atoms with Crippen LogP contribution in [0.15, 0.2) is 43.0 Å². The van der Waals surface area contributed by atoms with Gasteiger partial charge in [0, 0.05) is 30.2 Å². The monoisotopic (exact) mass is 284 g/mol. The Bertz CT molecular complexity index is 758. The Kier molecular flexibility index (Phi) is 3.48. The molecule has 0 radical (unpaired) electrons. The van der Waals surface area contributed by atoms with Crippen LogP contribution in [0.1, 0.15) is 11.1 Å². The van der Waals surface area contributed by atoms with Gasteiger partial charge >= 0.3 is 0 Å². The van der Waals surface area contributed by atoms with Crippen LogP contribution in [0.4, 0.5) is 5.69 Å². The van der Waals surface area contributed by atoms with Crippen molar-refractivity contribution in [2.45, 2.75) is 13.5 Å². The summed E-state index contributed by atoms with van der Waals surface area (Å²) in [6.07, 6.45) is 6.93. The molecule has 0 saturated heterocycles.